The van der Waals surface area contributed by atoms with Crippen LogP contribution in [0.15, 0.2) is 24.3 Å². The number of ether oxygens (including phenoxy) is 1. The van der Waals surface area contributed by atoms with E-state index in [9.17, 15) is 0 Å². The van der Waals surface area contributed by atoms with Crippen molar-refractivity contribution in [2.24, 2.45) is 0 Å². The fraction of sp³-hybridized carbons (Fsp3) is 0.250. The van der Waals surface area contributed by atoms with Crippen LogP contribution >= 0.6 is 0 Å². The molecule has 0 aliphatic heterocycles. The Balaban J connectivity index is 2.38. The highest BCUT2D eigenvalue weighted by atomic mass is 16.5. The van der Waals surface area contributed by atoms with E-state index in [1.165, 1.54) is 0 Å². The average molecular weight is 217 g/mol. The molecule has 1 heterocycles. The number of nitrogens with one attached hydrogen (secondary N) is 2. The van der Waals surface area contributed by atoms with E-state index in [4.69, 9.17) is 4.74 Å². The molecule has 0 spiro atoms. The lowest BCUT2D eigenvalue weighted by molar-refractivity contribution is 0.415. The molecule has 0 fully saturated rings. The molecule has 0 amide bonds. The van der Waals surface area contributed by atoms with Gasteiger partial charge in [-0.3, -0.25) is 5.10 Å². The maximum absolute atomic E-state index is 5.12. The second-order valence-corrected chi connectivity index (χ2v) is 3.55. The summed E-state index contributed by atoms with van der Waals surface area (Å²) in [5.74, 6) is 1.74. The van der Waals surface area contributed by atoms with Gasteiger partial charge in [-0.25, -0.2) is 0 Å². The first-order valence-electron chi connectivity index (χ1n) is 5.13. The molecule has 2 N–H and O–H groups in total. The number of aromatic nitrogens is 2. The molecule has 2 aromatic rings. The molecule has 0 aliphatic rings. The number of nitrogens with zero attached hydrogens (tertiary/aromatic N) is 1. The first-order valence-corrected chi connectivity index (χ1v) is 5.13. The minimum Gasteiger partial charge on any atom is -0.497 e. The number of anilines is 1. The second-order valence-electron chi connectivity index (χ2n) is 3.55. The van der Waals surface area contributed by atoms with Gasteiger partial charge in [-0.05, 0) is 31.2 Å². The first kappa shape index (κ1) is 10.5. The molecule has 0 unspecified atom stereocenters. The highest BCUT2D eigenvalue weighted by Gasteiger charge is 2.09. The Bertz CT molecular complexity index is 474. The fourth-order valence-electron chi connectivity index (χ4n) is 1.68. The van der Waals surface area contributed by atoms with Crippen molar-refractivity contribution in [3.8, 4) is 17.0 Å². The standard InChI is InChI=1S/C12H15N3O/c1-8-11(14-15-12(8)13-2)9-4-6-10(16-3)7-5-9/h4-7H,1-3H3,(H2,13,14,15). The Kier molecular flexibility index (Phi) is 2.81. The third kappa shape index (κ3) is 1.74. The number of rotatable bonds is 3. The van der Waals surface area contributed by atoms with Gasteiger partial charge >= 0.3 is 0 Å². The van der Waals surface area contributed by atoms with Gasteiger partial charge < -0.3 is 10.1 Å². The van der Waals surface area contributed by atoms with Crippen molar-refractivity contribution in [1.82, 2.24) is 10.2 Å². The quantitative estimate of drug-likeness (QED) is 0.830. The van der Waals surface area contributed by atoms with Crippen LogP contribution in [-0.2, 0) is 0 Å². The van der Waals surface area contributed by atoms with Gasteiger partial charge in [-0.1, -0.05) is 0 Å². The Morgan fingerprint density at radius 3 is 2.44 bits per heavy atom. The van der Waals surface area contributed by atoms with E-state index in [-0.39, 0.29) is 0 Å². The van der Waals surface area contributed by atoms with E-state index in [0.29, 0.717) is 0 Å². The van der Waals surface area contributed by atoms with Crippen molar-refractivity contribution in [2.45, 2.75) is 6.92 Å². The number of hydrogen-bond donors (Lipinski definition) is 2. The smallest absolute Gasteiger partial charge is 0.151 e. The number of H-pyrrole nitrogens is 1. The summed E-state index contributed by atoms with van der Waals surface area (Å²) >= 11 is 0. The molecule has 4 heteroatoms. The van der Waals surface area contributed by atoms with Crippen LogP contribution in [0.25, 0.3) is 11.3 Å². The van der Waals surface area contributed by atoms with Crippen LogP contribution in [0.4, 0.5) is 5.82 Å². The third-order valence-electron chi connectivity index (χ3n) is 2.63. The SMILES string of the molecule is CNc1n[nH]c(-c2ccc(OC)cc2)c1C. The van der Waals surface area contributed by atoms with E-state index in [1.807, 2.05) is 38.2 Å². The Hall–Kier alpha value is -1.97. The van der Waals surface area contributed by atoms with Gasteiger partial charge in [0.2, 0.25) is 0 Å². The van der Waals surface area contributed by atoms with Crippen molar-refractivity contribution >= 4 is 5.82 Å². The van der Waals surface area contributed by atoms with Gasteiger partial charge in [0.25, 0.3) is 0 Å². The zero-order valence-corrected chi connectivity index (χ0v) is 9.66. The fourth-order valence-corrected chi connectivity index (χ4v) is 1.68. The molecule has 84 valence electrons. The second kappa shape index (κ2) is 4.26. The van der Waals surface area contributed by atoms with E-state index in [0.717, 1.165) is 28.4 Å². The lowest BCUT2D eigenvalue weighted by Gasteiger charge is -2.02. The largest absolute Gasteiger partial charge is 0.497 e. The molecule has 1 aromatic heterocycles. The van der Waals surface area contributed by atoms with E-state index >= 15 is 0 Å². The highest BCUT2D eigenvalue weighted by molar-refractivity contribution is 5.68. The molecule has 2 rings (SSSR count). The van der Waals surface area contributed by atoms with Crippen molar-refractivity contribution in [2.75, 3.05) is 19.5 Å². The molecular weight excluding hydrogens is 202 g/mol. The number of aromatic amines is 1. The van der Waals surface area contributed by atoms with Gasteiger partial charge in [-0.2, -0.15) is 5.10 Å². The van der Waals surface area contributed by atoms with Crippen LogP contribution in [0.3, 0.4) is 0 Å². The Labute approximate surface area is 94.6 Å². The summed E-state index contributed by atoms with van der Waals surface area (Å²) in [6, 6.07) is 7.90. The third-order valence-corrected chi connectivity index (χ3v) is 2.63. The summed E-state index contributed by atoms with van der Waals surface area (Å²) in [5, 5.41) is 10.3. The van der Waals surface area contributed by atoms with Crippen molar-refractivity contribution < 1.29 is 4.74 Å². The van der Waals surface area contributed by atoms with E-state index in [1.54, 1.807) is 7.11 Å². The van der Waals surface area contributed by atoms with Crippen LogP contribution in [0.1, 0.15) is 5.56 Å². The lowest BCUT2D eigenvalue weighted by atomic mass is 10.1. The van der Waals surface area contributed by atoms with Crippen LogP contribution in [0.5, 0.6) is 5.75 Å². The Morgan fingerprint density at radius 2 is 1.94 bits per heavy atom. The minimum absolute atomic E-state index is 0.856. The predicted molar refractivity (Wildman–Crippen MR) is 64.9 cm³/mol. The van der Waals surface area contributed by atoms with Crippen molar-refractivity contribution in [3.63, 3.8) is 0 Å². The molecular formula is C12H15N3O. The van der Waals surface area contributed by atoms with Crippen molar-refractivity contribution in [1.29, 1.82) is 0 Å². The number of hydrogen-bond acceptors (Lipinski definition) is 3. The van der Waals surface area contributed by atoms with Gasteiger partial charge in [-0.15, -0.1) is 0 Å². The molecule has 16 heavy (non-hydrogen) atoms. The summed E-state index contributed by atoms with van der Waals surface area (Å²) in [6.07, 6.45) is 0. The van der Waals surface area contributed by atoms with E-state index in [2.05, 4.69) is 15.5 Å². The maximum atomic E-state index is 5.12. The van der Waals surface area contributed by atoms with E-state index < -0.39 is 0 Å². The maximum Gasteiger partial charge on any atom is 0.151 e. The zero-order chi connectivity index (χ0) is 11.5. The first-order chi connectivity index (χ1) is 7.76. The van der Waals surface area contributed by atoms with Gasteiger partial charge in [0.15, 0.2) is 5.82 Å². The molecule has 4 nitrogen and oxygen atoms in total. The summed E-state index contributed by atoms with van der Waals surface area (Å²) < 4.78 is 5.12. The monoisotopic (exact) mass is 217 g/mol. The summed E-state index contributed by atoms with van der Waals surface area (Å²) in [7, 11) is 3.52. The van der Waals surface area contributed by atoms with Crippen molar-refractivity contribution in [3.05, 3.63) is 29.8 Å². The zero-order valence-electron chi connectivity index (χ0n) is 9.66. The molecule has 0 bridgehead atoms. The topological polar surface area (TPSA) is 49.9 Å². The van der Waals surface area contributed by atoms with Gasteiger partial charge in [0.1, 0.15) is 5.75 Å². The summed E-state index contributed by atoms with van der Waals surface area (Å²) in [6.45, 7) is 2.04. The van der Waals surface area contributed by atoms with Crippen LogP contribution in [0, 0.1) is 6.92 Å². The summed E-state index contributed by atoms with van der Waals surface area (Å²) in [5.41, 5.74) is 3.26. The minimum atomic E-state index is 0.856. The van der Waals surface area contributed by atoms with Crippen LogP contribution in [-0.4, -0.2) is 24.4 Å². The molecule has 0 radical (unpaired) electrons. The lowest BCUT2D eigenvalue weighted by Crippen LogP contribution is -1.89. The predicted octanol–water partition coefficient (Wildman–Crippen LogP) is 2.44. The number of benzene rings is 1. The molecule has 0 atom stereocenters. The molecule has 0 saturated heterocycles. The molecule has 1 aromatic carbocycles. The Morgan fingerprint density at radius 1 is 1.25 bits per heavy atom. The number of methoxy groups -OCH3 is 1. The van der Waals surface area contributed by atoms with Crippen LogP contribution < -0.4 is 10.1 Å². The molecule has 0 aliphatic carbocycles. The van der Waals surface area contributed by atoms with Crippen LogP contribution in [0.2, 0.25) is 0 Å². The van der Waals surface area contributed by atoms with Gasteiger partial charge in [0.05, 0.1) is 12.8 Å². The summed E-state index contributed by atoms with van der Waals surface area (Å²) in [4.78, 5) is 0. The average Bonchev–Trinajstić information content (AvgIpc) is 2.70. The highest BCUT2D eigenvalue weighted by Crippen LogP contribution is 2.26. The normalized spacial score (nSPS) is 10.2. The molecule has 0 saturated carbocycles. The van der Waals surface area contributed by atoms with Gasteiger partial charge in [0, 0.05) is 18.2 Å².